The highest BCUT2D eigenvalue weighted by atomic mass is 16.5. The topological polar surface area (TPSA) is 44.2 Å². The Balaban J connectivity index is 1.58. The zero-order valence-corrected chi connectivity index (χ0v) is 17.1. The summed E-state index contributed by atoms with van der Waals surface area (Å²) in [5, 5.41) is 0. The van der Waals surface area contributed by atoms with Gasteiger partial charge in [0.15, 0.2) is 0 Å². The number of methoxy groups -OCH3 is 2. The van der Waals surface area contributed by atoms with Crippen LogP contribution in [0.5, 0.6) is 0 Å². The van der Waals surface area contributed by atoms with Crippen molar-refractivity contribution in [3.63, 3.8) is 0 Å². The fraction of sp³-hybridized carbons (Fsp3) is 0.154. The van der Waals surface area contributed by atoms with Gasteiger partial charge in [-0.3, -0.25) is 9.97 Å². The van der Waals surface area contributed by atoms with Crippen LogP contribution in [0.3, 0.4) is 0 Å². The zero-order chi connectivity index (χ0) is 20.8. The maximum Gasteiger partial charge on any atom is 0.112 e. The number of nitrogens with zero attached hydrogens (tertiary/aromatic N) is 2. The molecule has 4 nitrogen and oxygen atoms in total. The van der Waals surface area contributed by atoms with Gasteiger partial charge in [-0.2, -0.15) is 0 Å². The SMILES string of the molecule is CO[C@@H](c1ccc(-c2ccncc2)cc1)[C@@H](OC)c1ccc(-c2ccncc2)cc1. The molecule has 150 valence electrons. The Morgan fingerprint density at radius 1 is 0.467 bits per heavy atom. The van der Waals surface area contributed by atoms with Crippen molar-refractivity contribution in [3.05, 3.63) is 109 Å². The summed E-state index contributed by atoms with van der Waals surface area (Å²) in [6.45, 7) is 0. The van der Waals surface area contributed by atoms with Gasteiger partial charge in [-0.25, -0.2) is 0 Å². The summed E-state index contributed by atoms with van der Waals surface area (Å²) < 4.78 is 11.7. The molecule has 4 aromatic rings. The molecule has 0 fully saturated rings. The van der Waals surface area contributed by atoms with Gasteiger partial charge in [-0.1, -0.05) is 48.5 Å². The number of rotatable bonds is 7. The summed E-state index contributed by atoms with van der Waals surface area (Å²) in [6, 6.07) is 24.8. The van der Waals surface area contributed by atoms with Crippen LogP contribution in [-0.4, -0.2) is 24.2 Å². The molecule has 2 atom stereocenters. The fourth-order valence-corrected chi connectivity index (χ4v) is 3.69. The van der Waals surface area contributed by atoms with E-state index in [2.05, 4.69) is 58.5 Å². The molecule has 0 unspecified atom stereocenters. The molecule has 2 heterocycles. The summed E-state index contributed by atoms with van der Waals surface area (Å²) in [5.41, 5.74) is 6.71. The lowest BCUT2D eigenvalue weighted by Gasteiger charge is -2.26. The zero-order valence-electron chi connectivity index (χ0n) is 17.1. The molecule has 0 aliphatic rings. The van der Waals surface area contributed by atoms with Crippen LogP contribution in [0.15, 0.2) is 97.6 Å². The van der Waals surface area contributed by atoms with Gasteiger partial charge in [0.2, 0.25) is 0 Å². The van der Waals surface area contributed by atoms with Gasteiger partial charge in [0.1, 0.15) is 12.2 Å². The molecule has 0 amide bonds. The van der Waals surface area contributed by atoms with Gasteiger partial charge >= 0.3 is 0 Å². The van der Waals surface area contributed by atoms with Crippen LogP contribution in [0.4, 0.5) is 0 Å². The lowest BCUT2D eigenvalue weighted by molar-refractivity contribution is -0.0397. The van der Waals surface area contributed by atoms with Gasteiger partial charge in [-0.15, -0.1) is 0 Å². The van der Waals surface area contributed by atoms with E-state index in [1.54, 1.807) is 39.0 Å². The van der Waals surface area contributed by atoms with E-state index >= 15 is 0 Å². The van der Waals surface area contributed by atoms with Crippen LogP contribution in [0, 0.1) is 0 Å². The van der Waals surface area contributed by atoms with Crippen LogP contribution in [0.1, 0.15) is 23.3 Å². The van der Waals surface area contributed by atoms with Crippen LogP contribution in [0.25, 0.3) is 22.3 Å². The van der Waals surface area contributed by atoms with Crippen molar-refractivity contribution < 1.29 is 9.47 Å². The average molecular weight is 396 g/mol. The molecule has 0 radical (unpaired) electrons. The molecule has 0 aliphatic heterocycles. The monoisotopic (exact) mass is 396 g/mol. The van der Waals surface area contributed by atoms with Gasteiger partial charge in [0.25, 0.3) is 0 Å². The normalized spacial score (nSPS) is 13.0. The van der Waals surface area contributed by atoms with Crippen molar-refractivity contribution in [2.75, 3.05) is 14.2 Å². The van der Waals surface area contributed by atoms with Crippen molar-refractivity contribution in [2.45, 2.75) is 12.2 Å². The Hall–Kier alpha value is -3.34. The third-order valence-corrected chi connectivity index (χ3v) is 5.29. The number of hydrogen-bond donors (Lipinski definition) is 0. The maximum absolute atomic E-state index is 5.86. The highest BCUT2D eigenvalue weighted by molar-refractivity contribution is 5.64. The number of ether oxygens (including phenoxy) is 2. The second kappa shape index (κ2) is 9.44. The molecule has 0 saturated heterocycles. The third kappa shape index (κ3) is 4.30. The van der Waals surface area contributed by atoms with E-state index in [1.807, 2.05) is 24.3 Å². The molecule has 0 bridgehead atoms. The predicted octanol–water partition coefficient (Wildman–Crippen LogP) is 5.89. The quantitative estimate of drug-likeness (QED) is 0.391. The van der Waals surface area contributed by atoms with Gasteiger partial charge < -0.3 is 9.47 Å². The Morgan fingerprint density at radius 2 is 0.767 bits per heavy atom. The van der Waals surface area contributed by atoms with E-state index in [0.717, 1.165) is 33.4 Å². The molecule has 0 aliphatic carbocycles. The van der Waals surface area contributed by atoms with E-state index in [1.165, 1.54) is 0 Å². The predicted molar refractivity (Wildman–Crippen MR) is 119 cm³/mol. The second-order valence-electron chi connectivity index (χ2n) is 7.03. The third-order valence-electron chi connectivity index (χ3n) is 5.29. The second-order valence-corrected chi connectivity index (χ2v) is 7.03. The first-order valence-corrected chi connectivity index (χ1v) is 9.86. The first-order chi connectivity index (χ1) is 14.8. The van der Waals surface area contributed by atoms with Crippen LogP contribution < -0.4 is 0 Å². The fourth-order valence-electron chi connectivity index (χ4n) is 3.69. The Morgan fingerprint density at radius 3 is 1.07 bits per heavy atom. The van der Waals surface area contributed by atoms with Crippen LogP contribution in [-0.2, 0) is 9.47 Å². The molecular formula is C26H24N2O2. The van der Waals surface area contributed by atoms with E-state index in [-0.39, 0.29) is 12.2 Å². The summed E-state index contributed by atoms with van der Waals surface area (Å²) in [5.74, 6) is 0. The average Bonchev–Trinajstić information content (AvgIpc) is 2.84. The molecule has 4 rings (SSSR count). The number of pyridine rings is 2. The van der Waals surface area contributed by atoms with Crippen molar-refractivity contribution in [2.24, 2.45) is 0 Å². The van der Waals surface area contributed by atoms with Crippen molar-refractivity contribution in [1.29, 1.82) is 0 Å². The summed E-state index contributed by atoms with van der Waals surface area (Å²) in [7, 11) is 3.44. The standard InChI is InChI=1S/C26H24N2O2/c1-29-25(23-7-3-19(4-8-23)21-11-15-27-16-12-21)26(30-2)24-9-5-20(6-10-24)22-13-17-28-18-14-22/h3-18,25-26H,1-2H3/t25-,26-/m0/s1. The number of aromatic nitrogens is 2. The maximum atomic E-state index is 5.86. The summed E-state index contributed by atoms with van der Waals surface area (Å²) in [4.78, 5) is 8.17. The van der Waals surface area contributed by atoms with E-state index in [4.69, 9.17) is 9.47 Å². The van der Waals surface area contributed by atoms with E-state index in [9.17, 15) is 0 Å². The van der Waals surface area contributed by atoms with Crippen LogP contribution in [0.2, 0.25) is 0 Å². The molecule has 30 heavy (non-hydrogen) atoms. The lowest BCUT2D eigenvalue weighted by atomic mass is 9.95. The Kier molecular flexibility index (Phi) is 6.28. The molecular weight excluding hydrogens is 372 g/mol. The summed E-state index contributed by atoms with van der Waals surface area (Å²) >= 11 is 0. The molecule has 0 spiro atoms. The van der Waals surface area contributed by atoms with Crippen molar-refractivity contribution in [1.82, 2.24) is 9.97 Å². The van der Waals surface area contributed by atoms with Gasteiger partial charge in [0.05, 0.1) is 0 Å². The number of benzene rings is 2. The van der Waals surface area contributed by atoms with Crippen molar-refractivity contribution in [3.8, 4) is 22.3 Å². The van der Waals surface area contributed by atoms with E-state index in [0.29, 0.717) is 0 Å². The van der Waals surface area contributed by atoms with Crippen molar-refractivity contribution >= 4 is 0 Å². The molecule has 2 aromatic heterocycles. The molecule has 2 aromatic carbocycles. The highest BCUT2D eigenvalue weighted by Crippen LogP contribution is 2.36. The minimum absolute atomic E-state index is 0.215. The van der Waals surface area contributed by atoms with Gasteiger partial charge in [0, 0.05) is 39.0 Å². The smallest absolute Gasteiger partial charge is 0.112 e. The molecule has 4 heteroatoms. The largest absolute Gasteiger partial charge is 0.374 e. The first-order valence-electron chi connectivity index (χ1n) is 9.86. The highest BCUT2D eigenvalue weighted by Gasteiger charge is 2.24. The van der Waals surface area contributed by atoms with Gasteiger partial charge in [-0.05, 0) is 57.6 Å². The minimum atomic E-state index is -0.215. The van der Waals surface area contributed by atoms with Crippen LogP contribution >= 0.6 is 0 Å². The molecule has 0 N–H and O–H groups in total. The molecule has 0 saturated carbocycles. The Labute approximate surface area is 177 Å². The lowest BCUT2D eigenvalue weighted by Crippen LogP contribution is -2.15. The summed E-state index contributed by atoms with van der Waals surface area (Å²) in [6.07, 6.45) is 6.78. The Bertz CT molecular complexity index is 961. The first kappa shape index (κ1) is 20.0. The minimum Gasteiger partial charge on any atom is -0.374 e. The van der Waals surface area contributed by atoms with E-state index < -0.39 is 0 Å². The number of hydrogen-bond acceptors (Lipinski definition) is 4.